The summed E-state index contributed by atoms with van der Waals surface area (Å²) in [6.07, 6.45) is 4.18. The quantitative estimate of drug-likeness (QED) is 0.602. The van der Waals surface area contributed by atoms with Gasteiger partial charge >= 0.3 is 0 Å². The number of aliphatic imine (C=N–C) groups is 1. The van der Waals surface area contributed by atoms with Crippen molar-refractivity contribution in [2.24, 2.45) is 16.5 Å². The monoisotopic (exact) mass is 391 g/mol. The number of carbonyl (C=O) groups is 1. The zero-order chi connectivity index (χ0) is 20.0. The zero-order valence-corrected chi connectivity index (χ0v) is 15.8. The summed E-state index contributed by atoms with van der Waals surface area (Å²) in [6, 6.07) is 10.4. The van der Waals surface area contributed by atoms with Gasteiger partial charge in [-0.15, -0.1) is 0 Å². The summed E-state index contributed by atoms with van der Waals surface area (Å²) in [5.41, 5.74) is 11.9. The fraction of sp³-hybridized carbons (Fsp3) is 0.263. The third-order valence-corrected chi connectivity index (χ3v) is 5.77. The number of benzene rings is 2. The van der Waals surface area contributed by atoms with Crippen LogP contribution in [0.15, 0.2) is 57.2 Å². The minimum Gasteiger partial charge on any atom is -0.370 e. The number of guanidine groups is 1. The van der Waals surface area contributed by atoms with Crippen molar-refractivity contribution in [1.29, 1.82) is 0 Å². The number of rotatable bonds is 2. The minimum absolute atomic E-state index is 0.00765. The Morgan fingerprint density at radius 3 is 2.19 bits per heavy atom. The van der Waals surface area contributed by atoms with Crippen molar-refractivity contribution in [3.8, 4) is 0 Å². The molecule has 0 bridgehead atoms. The Balaban J connectivity index is 0.000000321. The number of hydrogen-bond donors (Lipinski definition) is 2. The van der Waals surface area contributed by atoms with Gasteiger partial charge in [-0.3, -0.25) is 4.79 Å². The summed E-state index contributed by atoms with van der Waals surface area (Å²) in [7, 11) is -3.63. The van der Waals surface area contributed by atoms with Crippen LogP contribution in [0.4, 0.5) is 4.39 Å². The molecule has 0 aliphatic heterocycles. The van der Waals surface area contributed by atoms with Crippen LogP contribution in [0, 0.1) is 5.82 Å². The molecule has 8 heteroatoms. The number of hydrogen-bond acceptors (Lipinski definition) is 3. The van der Waals surface area contributed by atoms with Gasteiger partial charge in [0.05, 0.1) is 9.79 Å². The molecular weight excluding hydrogens is 369 g/mol. The highest BCUT2D eigenvalue weighted by atomic mass is 32.2. The molecule has 3 rings (SSSR count). The van der Waals surface area contributed by atoms with Crippen molar-refractivity contribution in [3.05, 3.63) is 59.4 Å². The molecule has 6 nitrogen and oxygen atoms in total. The third-order valence-electron chi connectivity index (χ3n) is 4.02. The van der Waals surface area contributed by atoms with Crippen LogP contribution in [0.3, 0.4) is 0 Å². The predicted molar refractivity (Wildman–Crippen MR) is 101 cm³/mol. The average Bonchev–Trinajstić information content (AvgIpc) is 2.60. The minimum atomic E-state index is -3.63. The van der Waals surface area contributed by atoms with E-state index in [-0.39, 0.29) is 21.7 Å². The number of sulfone groups is 1. The SMILES string of the molecule is CC(=O)N=C(N)N.O=S(=O)(c1cccc(F)c1)c1ccc2c(c1)CCCC2. The molecule has 0 fully saturated rings. The molecule has 0 atom stereocenters. The summed E-state index contributed by atoms with van der Waals surface area (Å²) >= 11 is 0. The van der Waals surface area contributed by atoms with E-state index < -0.39 is 15.7 Å². The molecule has 1 amide bonds. The third kappa shape index (κ3) is 5.62. The van der Waals surface area contributed by atoms with Gasteiger partial charge in [0.1, 0.15) is 5.82 Å². The zero-order valence-electron chi connectivity index (χ0n) is 15.0. The molecule has 0 radical (unpaired) electrons. The number of carbonyl (C=O) groups excluding carboxylic acids is 1. The van der Waals surface area contributed by atoms with Crippen LogP contribution in [-0.4, -0.2) is 20.3 Å². The summed E-state index contributed by atoms with van der Waals surface area (Å²) < 4.78 is 38.2. The van der Waals surface area contributed by atoms with Gasteiger partial charge in [0.2, 0.25) is 15.7 Å². The summed E-state index contributed by atoms with van der Waals surface area (Å²) in [4.78, 5) is 13.3. The van der Waals surface area contributed by atoms with E-state index in [1.165, 1.54) is 30.7 Å². The van der Waals surface area contributed by atoms with Crippen molar-refractivity contribution in [2.75, 3.05) is 0 Å². The predicted octanol–water partition coefficient (Wildman–Crippen LogP) is 2.34. The van der Waals surface area contributed by atoms with Crippen molar-refractivity contribution in [2.45, 2.75) is 42.4 Å². The molecule has 0 aromatic heterocycles. The number of nitrogens with two attached hydrogens (primary N) is 2. The van der Waals surface area contributed by atoms with E-state index in [4.69, 9.17) is 11.5 Å². The Kier molecular flexibility index (Phi) is 6.68. The molecular formula is C19H22FN3O3S. The maximum Gasteiger partial charge on any atom is 0.245 e. The lowest BCUT2D eigenvalue weighted by Gasteiger charge is -2.16. The van der Waals surface area contributed by atoms with Crippen LogP contribution in [-0.2, 0) is 27.5 Å². The van der Waals surface area contributed by atoms with Gasteiger partial charge in [-0.05, 0) is 67.1 Å². The Labute approximate surface area is 158 Å². The molecule has 144 valence electrons. The van der Waals surface area contributed by atoms with Gasteiger partial charge in [0.25, 0.3) is 0 Å². The number of nitrogens with zero attached hydrogens (tertiary/aromatic N) is 1. The lowest BCUT2D eigenvalue weighted by molar-refractivity contribution is -0.115. The number of aryl methyl sites for hydroxylation is 2. The molecule has 0 spiro atoms. The number of amides is 1. The highest BCUT2D eigenvalue weighted by molar-refractivity contribution is 7.91. The van der Waals surface area contributed by atoms with Crippen LogP contribution >= 0.6 is 0 Å². The molecule has 0 unspecified atom stereocenters. The molecule has 2 aromatic rings. The maximum atomic E-state index is 13.2. The molecule has 0 heterocycles. The molecule has 1 aliphatic carbocycles. The van der Waals surface area contributed by atoms with Crippen LogP contribution in [0.2, 0.25) is 0 Å². The van der Waals surface area contributed by atoms with Gasteiger partial charge in [0.15, 0.2) is 5.96 Å². The van der Waals surface area contributed by atoms with E-state index in [1.54, 1.807) is 12.1 Å². The van der Waals surface area contributed by atoms with Gasteiger partial charge in [-0.25, -0.2) is 12.8 Å². The van der Waals surface area contributed by atoms with E-state index in [0.717, 1.165) is 37.3 Å². The van der Waals surface area contributed by atoms with Gasteiger partial charge in [-0.1, -0.05) is 12.1 Å². The van der Waals surface area contributed by atoms with Crippen molar-refractivity contribution < 1.29 is 17.6 Å². The molecule has 0 saturated heterocycles. The van der Waals surface area contributed by atoms with E-state index in [9.17, 15) is 17.6 Å². The smallest absolute Gasteiger partial charge is 0.245 e. The van der Waals surface area contributed by atoms with E-state index >= 15 is 0 Å². The van der Waals surface area contributed by atoms with Gasteiger partial charge in [0, 0.05) is 6.92 Å². The van der Waals surface area contributed by atoms with E-state index in [1.807, 2.05) is 6.07 Å². The first-order valence-electron chi connectivity index (χ1n) is 8.43. The Hall–Kier alpha value is -2.74. The Bertz CT molecular complexity index is 968. The lowest BCUT2D eigenvalue weighted by atomic mass is 9.92. The van der Waals surface area contributed by atoms with Crippen molar-refractivity contribution >= 4 is 21.7 Å². The Morgan fingerprint density at radius 2 is 1.63 bits per heavy atom. The van der Waals surface area contributed by atoms with Crippen molar-refractivity contribution in [1.82, 2.24) is 0 Å². The van der Waals surface area contributed by atoms with E-state index in [2.05, 4.69) is 4.99 Å². The fourth-order valence-corrected chi connectivity index (χ4v) is 4.17. The molecule has 1 aliphatic rings. The second-order valence-corrected chi connectivity index (χ2v) is 8.10. The summed E-state index contributed by atoms with van der Waals surface area (Å²) in [6.45, 7) is 1.28. The highest BCUT2D eigenvalue weighted by Crippen LogP contribution is 2.27. The molecule has 2 aromatic carbocycles. The number of halogens is 1. The van der Waals surface area contributed by atoms with Crippen LogP contribution in [0.5, 0.6) is 0 Å². The largest absolute Gasteiger partial charge is 0.370 e. The normalized spacial score (nSPS) is 13.0. The van der Waals surface area contributed by atoms with Gasteiger partial charge in [-0.2, -0.15) is 4.99 Å². The first-order chi connectivity index (χ1) is 12.7. The first-order valence-corrected chi connectivity index (χ1v) is 9.91. The first kappa shape index (κ1) is 20.6. The second kappa shape index (κ2) is 8.77. The van der Waals surface area contributed by atoms with Crippen LogP contribution in [0.25, 0.3) is 0 Å². The second-order valence-electron chi connectivity index (χ2n) is 6.15. The topological polar surface area (TPSA) is 116 Å². The molecule has 4 N–H and O–H groups in total. The van der Waals surface area contributed by atoms with Gasteiger partial charge < -0.3 is 11.5 Å². The van der Waals surface area contributed by atoms with E-state index in [0.29, 0.717) is 0 Å². The maximum absolute atomic E-state index is 13.2. The summed E-state index contributed by atoms with van der Waals surface area (Å²) in [5.74, 6) is -1.10. The van der Waals surface area contributed by atoms with Crippen LogP contribution in [0.1, 0.15) is 30.9 Å². The fourth-order valence-electron chi connectivity index (χ4n) is 2.83. The Morgan fingerprint density at radius 1 is 1.00 bits per heavy atom. The molecule has 0 saturated carbocycles. The van der Waals surface area contributed by atoms with Crippen molar-refractivity contribution in [3.63, 3.8) is 0 Å². The summed E-state index contributed by atoms with van der Waals surface area (Å²) in [5, 5.41) is 0. The lowest BCUT2D eigenvalue weighted by Crippen LogP contribution is -2.23. The average molecular weight is 391 g/mol. The molecule has 27 heavy (non-hydrogen) atoms. The standard InChI is InChI=1S/C16H15FO2S.C3H7N3O/c17-14-6-3-7-15(11-14)20(18,19)16-9-8-12-4-1-2-5-13(12)10-16;1-2(7)6-3(4)5/h3,6-11H,1-2,4-5H2;1H3,(H4,4,5,6,7). The van der Waals surface area contributed by atoms with Crippen LogP contribution < -0.4 is 11.5 Å². The highest BCUT2D eigenvalue weighted by Gasteiger charge is 2.20. The number of fused-ring (bicyclic) bond motifs is 1.